The molecule has 3 N–H and O–H groups in total. The average Bonchev–Trinajstić information content (AvgIpc) is 2.65. The molecule has 2 aromatic carbocycles. The molecule has 0 bridgehead atoms. The van der Waals surface area contributed by atoms with E-state index in [9.17, 15) is 5.11 Å². The third kappa shape index (κ3) is 7.76. The number of ether oxygens (including phenoxy) is 1. The van der Waals surface area contributed by atoms with Crippen LogP contribution in [0.3, 0.4) is 0 Å². The maximum absolute atomic E-state index is 10.7. The highest BCUT2D eigenvalue weighted by molar-refractivity contribution is 14.0. The van der Waals surface area contributed by atoms with Gasteiger partial charge in [0, 0.05) is 6.54 Å². The summed E-state index contributed by atoms with van der Waals surface area (Å²) in [7, 11) is 0. The third-order valence-corrected chi connectivity index (χ3v) is 3.97. The normalized spacial score (nSPS) is 13.3. The Bertz CT molecular complexity index is 706. The number of hydrogen-bond acceptors (Lipinski definition) is 3. The van der Waals surface area contributed by atoms with Gasteiger partial charge in [-0.2, -0.15) is 0 Å². The lowest BCUT2D eigenvalue weighted by molar-refractivity contribution is 0.0617. The molecule has 6 heteroatoms. The number of nitrogens with zero attached hydrogens (tertiary/aromatic N) is 1. The first-order chi connectivity index (χ1) is 12.5. The van der Waals surface area contributed by atoms with Gasteiger partial charge in [0.1, 0.15) is 11.4 Å². The summed E-state index contributed by atoms with van der Waals surface area (Å²) in [5.74, 6) is 1.52. The number of hydrogen-bond donors (Lipinski definition) is 3. The molecule has 0 aliphatic rings. The lowest BCUT2D eigenvalue weighted by Gasteiger charge is -2.25. The van der Waals surface area contributed by atoms with E-state index in [1.807, 2.05) is 68.4 Å². The quantitative estimate of drug-likeness (QED) is 0.305. The van der Waals surface area contributed by atoms with Crippen LogP contribution in [0.25, 0.3) is 0 Å². The van der Waals surface area contributed by atoms with Crippen molar-refractivity contribution in [3.05, 3.63) is 65.7 Å². The fourth-order valence-corrected chi connectivity index (χ4v) is 2.57. The van der Waals surface area contributed by atoms with Crippen LogP contribution < -0.4 is 15.4 Å². The first-order valence-corrected chi connectivity index (χ1v) is 9.07. The Morgan fingerprint density at radius 2 is 1.81 bits per heavy atom. The molecule has 0 saturated heterocycles. The van der Waals surface area contributed by atoms with E-state index < -0.39 is 5.60 Å². The molecule has 27 heavy (non-hydrogen) atoms. The van der Waals surface area contributed by atoms with Gasteiger partial charge in [-0.3, -0.25) is 0 Å². The van der Waals surface area contributed by atoms with Gasteiger partial charge >= 0.3 is 0 Å². The third-order valence-electron chi connectivity index (χ3n) is 3.97. The second kappa shape index (κ2) is 11.8. The van der Waals surface area contributed by atoms with Gasteiger partial charge < -0.3 is 20.5 Å². The Labute approximate surface area is 179 Å². The Kier molecular flexibility index (Phi) is 10.2. The Balaban J connectivity index is 0.00000364. The molecule has 0 radical (unpaired) electrons. The Morgan fingerprint density at radius 3 is 2.48 bits per heavy atom. The maximum atomic E-state index is 10.7. The number of aliphatic imine (C=N–C) groups is 1. The first kappa shape index (κ1) is 23.2. The van der Waals surface area contributed by atoms with E-state index in [-0.39, 0.29) is 24.0 Å². The molecule has 2 aromatic rings. The lowest BCUT2D eigenvalue weighted by atomic mass is 9.96. The molecule has 0 amide bonds. The van der Waals surface area contributed by atoms with E-state index in [0.29, 0.717) is 25.7 Å². The average molecular weight is 483 g/mol. The highest BCUT2D eigenvalue weighted by Crippen LogP contribution is 2.19. The molecule has 0 fully saturated rings. The monoisotopic (exact) mass is 483 g/mol. The topological polar surface area (TPSA) is 65.9 Å². The lowest BCUT2D eigenvalue weighted by Crippen LogP contribution is -2.44. The van der Waals surface area contributed by atoms with Crippen molar-refractivity contribution in [2.24, 2.45) is 4.99 Å². The summed E-state index contributed by atoms with van der Waals surface area (Å²) in [5, 5.41) is 17.2. The molecule has 5 nitrogen and oxygen atoms in total. The highest BCUT2D eigenvalue weighted by atomic mass is 127. The van der Waals surface area contributed by atoms with Crippen LogP contribution in [0.2, 0.25) is 0 Å². The van der Waals surface area contributed by atoms with E-state index in [1.165, 1.54) is 0 Å². The van der Waals surface area contributed by atoms with Crippen LogP contribution in [0, 0.1) is 0 Å². The fraction of sp³-hybridized carbons (Fsp3) is 0.381. The minimum absolute atomic E-state index is 0. The van der Waals surface area contributed by atoms with E-state index in [4.69, 9.17) is 4.74 Å². The minimum atomic E-state index is -0.980. The molecule has 1 atom stereocenters. The molecule has 148 valence electrons. The van der Waals surface area contributed by atoms with Crippen molar-refractivity contribution in [3.8, 4) is 5.75 Å². The van der Waals surface area contributed by atoms with E-state index >= 15 is 0 Å². The summed E-state index contributed by atoms with van der Waals surface area (Å²) in [4.78, 5) is 4.61. The van der Waals surface area contributed by atoms with Gasteiger partial charge in [-0.1, -0.05) is 42.5 Å². The van der Waals surface area contributed by atoms with Crippen molar-refractivity contribution in [2.75, 3.05) is 19.7 Å². The van der Waals surface area contributed by atoms with Gasteiger partial charge in [0.05, 0.1) is 19.7 Å². The van der Waals surface area contributed by atoms with Gasteiger partial charge in [0.25, 0.3) is 0 Å². The molecular formula is C21H30IN3O2. The Morgan fingerprint density at radius 1 is 1.07 bits per heavy atom. The zero-order valence-corrected chi connectivity index (χ0v) is 18.6. The van der Waals surface area contributed by atoms with Crippen LogP contribution in [0.15, 0.2) is 59.6 Å². The van der Waals surface area contributed by atoms with Gasteiger partial charge in [-0.15, -0.1) is 24.0 Å². The molecule has 0 heterocycles. The summed E-state index contributed by atoms with van der Waals surface area (Å²) < 4.78 is 5.53. The summed E-state index contributed by atoms with van der Waals surface area (Å²) in [6.07, 6.45) is 0. The fourth-order valence-electron chi connectivity index (χ4n) is 2.57. The second-order valence-corrected chi connectivity index (χ2v) is 6.27. The molecule has 0 aliphatic heterocycles. The first-order valence-electron chi connectivity index (χ1n) is 9.07. The number of aliphatic hydroxyl groups is 1. The summed E-state index contributed by atoms with van der Waals surface area (Å²) >= 11 is 0. The van der Waals surface area contributed by atoms with Crippen LogP contribution in [0.4, 0.5) is 0 Å². The number of nitrogens with one attached hydrogen (secondary N) is 2. The van der Waals surface area contributed by atoms with E-state index in [1.54, 1.807) is 6.92 Å². The minimum Gasteiger partial charge on any atom is -0.494 e. The smallest absolute Gasteiger partial charge is 0.191 e. The van der Waals surface area contributed by atoms with Gasteiger partial charge in [-0.25, -0.2) is 4.99 Å². The zero-order chi connectivity index (χ0) is 18.8. The molecule has 0 aliphatic carbocycles. The van der Waals surface area contributed by atoms with Crippen LogP contribution >= 0.6 is 24.0 Å². The number of rotatable bonds is 8. The predicted octanol–water partition coefficient (Wildman–Crippen LogP) is 3.67. The van der Waals surface area contributed by atoms with Crippen LogP contribution in [-0.4, -0.2) is 30.8 Å². The highest BCUT2D eigenvalue weighted by Gasteiger charge is 2.22. The van der Waals surface area contributed by atoms with Crippen molar-refractivity contribution >= 4 is 29.9 Å². The van der Waals surface area contributed by atoms with Gasteiger partial charge in [0.2, 0.25) is 0 Å². The predicted molar refractivity (Wildman–Crippen MR) is 122 cm³/mol. The molecule has 1 unspecified atom stereocenters. The SMILES string of the molecule is CCNC(=NCc1cccc(OCC)c1)NCC(C)(O)c1ccccc1.I. The number of benzene rings is 2. The van der Waals surface area contributed by atoms with Crippen molar-refractivity contribution in [1.29, 1.82) is 0 Å². The maximum Gasteiger partial charge on any atom is 0.191 e. The van der Waals surface area contributed by atoms with Crippen LogP contribution in [-0.2, 0) is 12.1 Å². The van der Waals surface area contributed by atoms with Crippen LogP contribution in [0.5, 0.6) is 5.75 Å². The van der Waals surface area contributed by atoms with E-state index in [2.05, 4.69) is 15.6 Å². The summed E-state index contributed by atoms with van der Waals surface area (Å²) in [5.41, 5.74) is 0.961. The van der Waals surface area contributed by atoms with Crippen molar-refractivity contribution in [1.82, 2.24) is 10.6 Å². The van der Waals surface area contributed by atoms with Gasteiger partial charge in [0.15, 0.2) is 5.96 Å². The molecule has 0 spiro atoms. The van der Waals surface area contributed by atoms with E-state index in [0.717, 1.165) is 23.4 Å². The summed E-state index contributed by atoms with van der Waals surface area (Å²) in [6.45, 7) is 8.07. The zero-order valence-electron chi connectivity index (χ0n) is 16.2. The van der Waals surface area contributed by atoms with Crippen molar-refractivity contribution < 1.29 is 9.84 Å². The van der Waals surface area contributed by atoms with Crippen molar-refractivity contribution in [2.45, 2.75) is 32.9 Å². The summed E-state index contributed by atoms with van der Waals surface area (Å²) in [6, 6.07) is 17.6. The largest absolute Gasteiger partial charge is 0.494 e. The molecule has 2 rings (SSSR count). The standard InChI is InChI=1S/C21H29N3O2.HI/c1-4-22-20(23-15-17-10-9-13-19(14-17)26-5-2)24-16-21(3,25)18-11-7-6-8-12-18;/h6-14,25H,4-5,15-16H2,1-3H3,(H2,22,23,24);1H. The van der Waals surface area contributed by atoms with Gasteiger partial charge in [-0.05, 0) is 44.0 Å². The van der Waals surface area contributed by atoms with Crippen LogP contribution in [0.1, 0.15) is 31.9 Å². The molecule has 0 saturated carbocycles. The van der Waals surface area contributed by atoms with Crippen molar-refractivity contribution in [3.63, 3.8) is 0 Å². The number of halogens is 1. The molecular weight excluding hydrogens is 453 g/mol. The Hall–Kier alpha value is -1.80. The second-order valence-electron chi connectivity index (χ2n) is 6.27. The molecule has 0 aromatic heterocycles. The number of guanidine groups is 1.